The summed E-state index contributed by atoms with van der Waals surface area (Å²) in [6.07, 6.45) is -0.545. The normalized spacial score (nSPS) is 15.4. The third-order valence-electron chi connectivity index (χ3n) is 2.62. The number of carboxylic acid groups (broad SMARTS) is 1. The molecule has 18 heavy (non-hydrogen) atoms. The zero-order chi connectivity index (χ0) is 14.5. The molecule has 2 atom stereocenters. The number of carboxylic acids is 1. The Morgan fingerprint density at radius 2 is 1.72 bits per heavy atom. The molecular weight excluding hydrogens is 242 g/mol. The first-order chi connectivity index (χ1) is 8.17. The van der Waals surface area contributed by atoms with Gasteiger partial charge in [0.2, 0.25) is 11.8 Å². The van der Waals surface area contributed by atoms with Gasteiger partial charge >= 0.3 is 5.97 Å². The van der Waals surface area contributed by atoms with Gasteiger partial charge in [-0.05, 0) is 6.42 Å². The third kappa shape index (κ3) is 3.27. The van der Waals surface area contributed by atoms with Crippen LogP contribution in [0.4, 0.5) is 0 Å². The number of primary amides is 2. The Morgan fingerprint density at radius 1 is 1.22 bits per heavy atom. The van der Waals surface area contributed by atoms with Crippen molar-refractivity contribution in [2.75, 3.05) is 0 Å². The predicted molar refractivity (Wildman–Crippen MR) is 61.0 cm³/mol. The number of ketones is 1. The second kappa shape index (κ2) is 6.10. The highest BCUT2D eigenvalue weighted by molar-refractivity contribution is 6.13. The highest BCUT2D eigenvalue weighted by Crippen LogP contribution is 2.22. The summed E-state index contributed by atoms with van der Waals surface area (Å²) in [5.74, 6) is -6.26. The molecule has 0 saturated carbocycles. The Bertz CT molecular complexity index is 382. The van der Waals surface area contributed by atoms with Gasteiger partial charge in [0, 0.05) is 6.42 Å². The fourth-order valence-corrected chi connectivity index (χ4v) is 1.60. The number of Topliss-reactive ketones (excluding diaryl/α,β-unsaturated/α-hetero) is 1. The zero-order valence-corrected chi connectivity index (χ0v) is 10.0. The van der Waals surface area contributed by atoms with Crippen molar-refractivity contribution in [2.24, 2.45) is 23.1 Å². The lowest BCUT2D eigenvalue weighted by molar-refractivity contribution is -0.147. The van der Waals surface area contributed by atoms with Crippen LogP contribution in [0.1, 0.15) is 26.2 Å². The van der Waals surface area contributed by atoms with E-state index in [0.29, 0.717) is 6.42 Å². The number of nitrogens with two attached hydrogens (primary N) is 3. The number of hydrogen-bond acceptors (Lipinski definition) is 5. The summed E-state index contributed by atoms with van der Waals surface area (Å²) < 4.78 is 0. The minimum absolute atomic E-state index is 0.0944. The summed E-state index contributed by atoms with van der Waals surface area (Å²) in [6, 6.07) is 0. The first-order valence-electron chi connectivity index (χ1n) is 5.31. The van der Waals surface area contributed by atoms with E-state index in [9.17, 15) is 19.2 Å². The monoisotopic (exact) mass is 259 g/mol. The molecular formula is C10H17N3O5. The third-order valence-corrected chi connectivity index (χ3v) is 2.62. The molecule has 102 valence electrons. The smallest absolute Gasteiger partial charge is 0.304 e. The van der Waals surface area contributed by atoms with E-state index in [4.69, 9.17) is 22.3 Å². The molecule has 2 unspecified atom stereocenters. The second-order valence-electron chi connectivity index (χ2n) is 3.96. The van der Waals surface area contributed by atoms with Gasteiger partial charge in [-0.15, -0.1) is 0 Å². The maximum atomic E-state index is 11.8. The van der Waals surface area contributed by atoms with Crippen molar-refractivity contribution in [3.63, 3.8) is 0 Å². The highest BCUT2D eigenvalue weighted by atomic mass is 16.4. The molecule has 2 amide bonds. The highest BCUT2D eigenvalue weighted by Gasteiger charge is 2.50. The molecule has 0 spiro atoms. The lowest BCUT2D eigenvalue weighted by Crippen LogP contribution is -2.66. The molecule has 0 saturated heterocycles. The summed E-state index contributed by atoms with van der Waals surface area (Å²) in [5.41, 5.74) is 13.2. The van der Waals surface area contributed by atoms with Crippen molar-refractivity contribution >= 4 is 23.6 Å². The SMILES string of the molecule is CCCC(=O)C(N)(C(N)=O)C(CC(=O)O)C(N)=O. The van der Waals surface area contributed by atoms with Crippen LogP contribution in [0.25, 0.3) is 0 Å². The van der Waals surface area contributed by atoms with Gasteiger partial charge in [0.05, 0.1) is 12.3 Å². The van der Waals surface area contributed by atoms with Crippen LogP contribution >= 0.6 is 0 Å². The Morgan fingerprint density at radius 3 is 2.00 bits per heavy atom. The van der Waals surface area contributed by atoms with Gasteiger partial charge in [0.15, 0.2) is 11.3 Å². The largest absolute Gasteiger partial charge is 0.481 e. The summed E-state index contributed by atoms with van der Waals surface area (Å²) in [6.45, 7) is 1.66. The van der Waals surface area contributed by atoms with E-state index in [2.05, 4.69) is 0 Å². The number of amides is 2. The Labute approximate surface area is 103 Å². The predicted octanol–water partition coefficient (Wildman–Crippen LogP) is -1.89. The van der Waals surface area contributed by atoms with Gasteiger partial charge in [-0.2, -0.15) is 0 Å². The van der Waals surface area contributed by atoms with Crippen LogP contribution in [-0.2, 0) is 19.2 Å². The summed E-state index contributed by atoms with van der Waals surface area (Å²) >= 11 is 0. The van der Waals surface area contributed by atoms with Gasteiger partial charge in [-0.25, -0.2) is 0 Å². The van der Waals surface area contributed by atoms with E-state index >= 15 is 0 Å². The van der Waals surface area contributed by atoms with E-state index in [1.807, 2.05) is 0 Å². The molecule has 0 rings (SSSR count). The maximum absolute atomic E-state index is 11.8. The fraction of sp³-hybridized carbons (Fsp3) is 0.600. The lowest BCUT2D eigenvalue weighted by Gasteiger charge is -2.30. The Hall–Kier alpha value is -1.96. The molecule has 0 aromatic carbocycles. The minimum Gasteiger partial charge on any atom is -0.481 e. The van der Waals surface area contributed by atoms with E-state index < -0.39 is 41.4 Å². The Balaban J connectivity index is 5.52. The summed E-state index contributed by atoms with van der Waals surface area (Å²) in [4.78, 5) is 45.0. The zero-order valence-electron chi connectivity index (χ0n) is 10.0. The van der Waals surface area contributed by atoms with Crippen LogP contribution in [0, 0.1) is 5.92 Å². The van der Waals surface area contributed by atoms with Crippen molar-refractivity contribution in [3.05, 3.63) is 0 Å². The van der Waals surface area contributed by atoms with Crippen LogP contribution in [0.15, 0.2) is 0 Å². The number of hydrogen-bond donors (Lipinski definition) is 4. The van der Waals surface area contributed by atoms with Crippen molar-refractivity contribution < 1.29 is 24.3 Å². The van der Waals surface area contributed by atoms with Crippen molar-refractivity contribution in [1.82, 2.24) is 0 Å². The van der Waals surface area contributed by atoms with Gasteiger partial charge in [0.25, 0.3) is 0 Å². The van der Waals surface area contributed by atoms with Crippen LogP contribution in [0.3, 0.4) is 0 Å². The number of aliphatic carboxylic acids is 1. The van der Waals surface area contributed by atoms with Gasteiger partial charge in [-0.3, -0.25) is 19.2 Å². The number of carbonyl (C=O) groups is 4. The van der Waals surface area contributed by atoms with Crippen molar-refractivity contribution in [3.8, 4) is 0 Å². The fourth-order valence-electron chi connectivity index (χ4n) is 1.60. The molecule has 0 radical (unpaired) electrons. The van der Waals surface area contributed by atoms with Crippen molar-refractivity contribution in [1.29, 1.82) is 0 Å². The molecule has 0 aliphatic rings. The standard InChI is InChI=1S/C10H17N3O5/c1-2-3-6(14)10(13,9(12)18)5(8(11)17)4-7(15)16/h5H,2-4,13H2,1H3,(H2,11,17)(H2,12,18)(H,15,16). The molecule has 7 N–H and O–H groups in total. The molecule has 0 aliphatic heterocycles. The number of carbonyl (C=O) groups excluding carboxylic acids is 3. The van der Waals surface area contributed by atoms with Crippen LogP contribution in [0.5, 0.6) is 0 Å². The maximum Gasteiger partial charge on any atom is 0.304 e. The first-order valence-corrected chi connectivity index (χ1v) is 5.31. The van der Waals surface area contributed by atoms with Crippen LogP contribution in [0.2, 0.25) is 0 Å². The molecule has 8 nitrogen and oxygen atoms in total. The number of rotatable bonds is 8. The molecule has 8 heteroatoms. The van der Waals surface area contributed by atoms with E-state index in [1.165, 1.54) is 0 Å². The molecule has 0 aliphatic carbocycles. The molecule has 0 fully saturated rings. The first kappa shape index (κ1) is 16.0. The van der Waals surface area contributed by atoms with E-state index in [1.54, 1.807) is 6.92 Å². The van der Waals surface area contributed by atoms with Crippen LogP contribution < -0.4 is 17.2 Å². The molecule has 0 heterocycles. The van der Waals surface area contributed by atoms with E-state index in [0.717, 1.165) is 0 Å². The topological polar surface area (TPSA) is 167 Å². The van der Waals surface area contributed by atoms with Gasteiger partial charge in [0.1, 0.15) is 0 Å². The summed E-state index contributed by atoms with van der Waals surface area (Å²) in [5, 5.41) is 8.66. The second-order valence-corrected chi connectivity index (χ2v) is 3.96. The summed E-state index contributed by atoms with van der Waals surface area (Å²) in [7, 11) is 0. The van der Waals surface area contributed by atoms with Crippen molar-refractivity contribution in [2.45, 2.75) is 31.7 Å². The van der Waals surface area contributed by atoms with Crippen LogP contribution in [-0.4, -0.2) is 34.2 Å². The molecule has 0 aromatic heterocycles. The average Bonchev–Trinajstić information content (AvgIpc) is 2.24. The minimum atomic E-state index is -2.37. The molecule has 0 aromatic rings. The lowest BCUT2D eigenvalue weighted by atomic mass is 9.76. The average molecular weight is 259 g/mol. The van der Waals surface area contributed by atoms with Gasteiger partial charge < -0.3 is 22.3 Å². The van der Waals surface area contributed by atoms with E-state index in [-0.39, 0.29) is 6.42 Å². The Kier molecular flexibility index (Phi) is 5.44. The quantitative estimate of drug-likeness (QED) is 0.372. The molecule has 0 bridgehead atoms. The van der Waals surface area contributed by atoms with Gasteiger partial charge in [-0.1, -0.05) is 6.92 Å².